The molecule has 0 aliphatic carbocycles. The van der Waals surface area contributed by atoms with Crippen LogP contribution >= 0.6 is 0 Å². The normalized spacial score (nSPS) is 12.8. The third-order valence-corrected chi connectivity index (χ3v) is 5.80. The second kappa shape index (κ2) is 14.0. The first-order chi connectivity index (χ1) is 17.5. The van der Waals surface area contributed by atoms with Crippen LogP contribution in [0.1, 0.15) is 75.5 Å². The van der Waals surface area contributed by atoms with E-state index in [4.69, 9.17) is 9.73 Å². The molecule has 0 aliphatic rings. The second-order valence-corrected chi connectivity index (χ2v) is 9.58. The molecule has 0 saturated carbocycles. The SMILES string of the molecule is C/C=C(\N=C(C)C(C)C)c1ccc(C[C@@H](CNC(C)=O)NC(=O)c2ccc(OC(C)C)c(C#N)c2)cc1. The summed E-state index contributed by atoms with van der Waals surface area (Å²) in [6, 6.07) is 14.6. The fourth-order valence-electron chi connectivity index (χ4n) is 3.54. The maximum atomic E-state index is 13.0. The van der Waals surface area contributed by atoms with Gasteiger partial charge in [0.15, 0.2) is 0 Å². The summed E-state index contributed by atoms with van der Waals surface area (Å²) in [5.41, 5.74) is 4.66. The number of allylic oxidation sites excluding steroid dienone is 1. The standard InChI is InChI=1S/C30H38N4O3/c1-8-28(33-21(6)19(2)3)24-11-9-23(10-12-24)15-27(18-32-22(7)35)34-30(36)25-13-14-29(37-20(4)5)26(16-25)17-31/h8-14,16,19-20,27H,15,18H2,1-7H3,(H,32,35)(H,34,36)/b28-8-,33-21?/t27-/m0/s1. The van der Waals surface area contributed by atoms with E-state index >= 15 is 0 Å². The summed E-state index contributed by atoms with van der Waals surface area (Å²) in [4.78, 5) is 29.4. The average molecular weight is 503 g/mol. The molecule has 2 rings (SSSR count). The van der Waals surface area contributed by atoms with Crippen LogP contribution in [0, 0.1) is 17.2 Å². The first kappa shape index (κ1) is 29.3. The van der Waals surface area contributed by atoms with Crippen molar-refractivity contribution in [1.29, 1.82) is 5.26 Å². The average Bonchev–Trinajstić information content (AvgIpc) is 2.85. The van der Waals surface area contributed by atoms with Gasteiger partial charge in [-0.2, -0.15) is 5.26 Å². The molecule has 0 spiro atoms. The predicted molar refractivity (Wildman–Crippen MR) is 149 cm³/mol. The molecule has 2 amide bonds. The van der Waals surface area contributed by atoms with Gasteiger partial charge in [-0.15, -0.1) is 0 Å². The Balaban J connectivity index is 2.21. The number of hydrogen-bond donors (Lipinski definition) is 2. The highest BCUT2D eigenvalue weighted by Gasteiger charge is 2.17. The number of amides is 2. The molecule has 0 aliphatic heterocycles. The number of nitrogens with zero attached hydrogens (tertiary/aromatic N) is 2. The van der Waals surface area contributed by atoms with Crippen LogP contribution in [0.3, 0.4) is 0 Å². The highest BCUT2D eigenvalue weighted by molar-refractivity contribution is 5.95. The minimum absolute atomic E-state index is 0.0878. The lowest BCUT2D eigenvalue weighted by molar-refractivity contribution is -0.119. The summed E-state index contributed by atoms with van der Waals surface area (Å²) in [6.45, 7) is 13.7. The van der Waals surface area contributed by atoms with Crippen molar-refractivity contribution in [1.82, 2.24) is 10.6 Å². The van der Waals surface area contributed by atoms with Crippen molar-refractivity contribution < 1.29 is 14.3 Å². The van der Waals surface area contributed by atoms with E-state index < -0.39 is 0 Å². The number of hydrogen-bond acceptors (Lipinski definition) is 5. The van der Waals surface area contributed by atoms with Crippen molar-refractivity contribution in [2.45, 2.75) is 67.0 Å². The Morgan fingerprint density at radius 3 is 2.24 bits per heavy atom. The van der Waals surface area contributed by atoms with E-state index in [1.807, 2.05) is 58.0 Å². The topological polar surface area (TPSA) is 104 Å². The van der Waals surface area contributed by atoms with Crippen LogP contribution in [0.15, 0.2) is 53.5 Å². The number of nitriles is 1. The maximum Gasteiger partial charge on any atom is 0.251 e. The highest BCUT2D eigenvalue weighted by Crippen LogP contribution is 2.21. The van der Waals surface area contributed by atoms with Gasteiger partial charge in [0.05, 0.1) is 23.4 Å². The lowest BCUT2D eigenvalue weighted by Gasteiger charge is -2.20. The monoisotopic (exact) mass is 502 g/mol. The van der Waals surface area contributed by atoms with Gasteiger partial charge in [0.1, 0.15) is 11.8 Å². The van der Waals surface area contributed by atoms with Gasteiger partial charge in [0.2, 0.25) is 5.91 Å². The third-order valence-electron chi connectivity index (χ3n) is 5.80. The zero-order valence-electron chi connectivity index (χ0n) is 22.9. The van der Waals surface area contributed by atoms with Gasteiger partial charge in [-0.05, 0) is 69.4 Å². The summed E-state index contributed by atoms with van der Waals surface area (Å²) in [5, 5.41) is 15.3. The minimum atomic E-state index is -0.346. The summed E-state index contributed by atoms with van der Waals surface area (Å²) in [5.74, 6) is 0.315. The van der Waals surface area contributed by atoms with Crippen molar-refractivity contribution in [2.75, 3.05) is 6.54 Å². The molecule has 0 bridgehead atoms. The van der Waals surface area contributed by atoms with Crippen molar-refractivity contribution in [3.05, 3.63) is 70.8 Å². The molecule has 196 valence electrons. The molecule has 0 saturated heterocycles. The quantitative estimate of drug-likeness (QED) is 0.407. The zero-order chi connectivity index (χ0) is 27.5. The van der Waals surface area contributed by atoms with Crippen LogP contribution in [0.2, 0.25) is 0 Å². The maximum absolute atomic E-state index is 13.0. The molecular weight excluding hydrogens is 464 g/mol. The highest BCUT2D eigenvalue weighted by atomic mass is 16.5. The van der Waals surface area contributed by atoms with Crippen LogP contribution in [-0.2, 0) is 11.2 Å². The lowest BCUT2D eigenvalue weighted by Crippen LogP contribution is -2.44. The predicted octanol–water partition coefficient (Wildman–Crippen LogP) is 5.30. The van der Waals surface area contributed by atoms with Crippen LogP contribution in [0.5, 0.6) is 5.75 Å². The van der Waals surface area contributed by atoms with E-state index in [2.05, 4.69) is 30.6 Å². The summed E-state index contributed by atoms with van der Waals surface area (Å²) in [6.07, 6.45) is 2.43. The molecule has 0 radical (unpaired) electrons. The fourth-order valence-corrected chi connectivity index (χ4v) is 3.54. The fraction of sp³-hybridized carbons (Fsp3) is 0.400. The number of carbonyl (C=O) groups is 2. The van der Waals surface area contributed by atoms with E-state index in [9.17, 15) is 14.9 Å². The summed E-state index contributed by atoms with van der Waals surface area (Å²) >= 11 is 0. The van der Waals surface area contributed by atoms with Gasteiger partial charge in [0, 0.05) is 24.7 Å². The molecule has 0 heterocycles. The van der Waals surface area contributed by atoms with Crippen molar-refractivity contribution >= 4 is 23.2 Å². The Kier molecular flexibility index (Phi) is 11.1. The van der Waals surface area contributed by atoms with Gasteiger partial charge in [-0.1, -0.05) is 44.2 Å². The zero-order valence-corrected chi connectivity index (χ0v) is 22.9. The lowest BCUT2D eigenvalue weighted by atomic mass is 10.0. The molecule has 7 heteroatoms. The molecule has 0 unspecified atom stereocenters. The van der Waals surface area contributed by atoms with Crippen molar-refractivity contribution in [3.8, 4) is 11.8 Å². The molecular formula is C30H38N4O3. The van der Waals surface area contributed by atoms with Crippen LogP contribution in [-0.4, -0.2) is 36.2 Å². The number of ether oxygens (including phenoxy) is 1. The Bertz CT molecular complexity index is 1190. The first-order valence-electron chi connectivity index (χ1n) is 12.6. The van der Waals surface area contributed by atoms with E-state index in [0.717, 1.165) is 22.5 Å². The number of benzene rings is 2. The van der Waals surface area contributed by atoms with Gasteiger partial charge in [0.25, 0.3) is 5.91 Å². The van der Waals surface area contributed by atoms with E-state index in [1.165, 1.54) is 13.0 Å². The minimum Gasteiger partial charge on any atom is -0.490 e. The molecule has 1 atom stereocenters. The largest absolute Gasteiger partial charge is 0.490 e. The van der Waals surface area contributed by atoms with Crippen LogP contribution in [0.25, 0.3) is 5.70 Å². The van der Waals surface area contributed by atoms with Gasteiger partial charge >= 0.3 is 0 Å². The smallest absolute Gasteiger partial charge is 0.251 e. The summed E-state index contributed by atoms with van der Waals surface area (Å²) < 4.78 is 5.65. The summed E-state index contributed by atoms with van der Waals surface area (Å²) in [7, 11) is 0. The van der Waals surface area contributed by atoms with E-state index in [-0.39, 0.29) is 30.5 Å². The van der Waals surface area contributed by atoms with Crippen LogP contribution < -0.4 is 15.4 Å². The molecule has 2 aromatic carbocycles. The van der Waals surface area contributed by atoms with Gasteiger partial charge in [-0.3, -0.25) is 14.6 Å². The number of aliphatic imine (C=N–C) groups is 1. The van der Waals surface area contributed by atoms with Crippen LogP contribution in [0.4, 0.5) is 0 Å². The first-order valence-corrected chi connectivity index (χ1v) is 12.6. The molecule has 2 aromatic rings. The second-order valence-electron chi connectivity index (χ2n) is 9.58. The molecule has 37 heavy (non-hydrogen) atoms. The Labute approximate surface area is 220 Å². The number of nitrogens with one attached hydrogen (secondary N) is 2. The van der Waals surface area contributed by atoms with Gasteiger partial charge < -0.3 is 15.4 Å². The number of carbonyl (C=O) groups excluding carboxylic acids is 2. The third kappa shape index (κ3) is 9.23. The van der Waals surface area contributed by atoms with Gasteiger partial charge in [-0.25, -0.2) is 0 Å². The molecule has 0 fully saturated rings. The molecule has 2 N–H and O–H groups in total. The number of rotatable bonds is 11. The van der Waals surface area contributed by atoms with E-state index in [1.54, 1.807) is 12.1 Å². The van der Waals surface area contributed by atoms with E-state index in [0.29, 0.717) is 29.2 Å². The van der Waals surface area contributed by atoms with Crippen molar-refractivity contribution in [3.63, 3.8) is 0 Å². The van der Waals surface area contributed by atoms with Crippen molar-refractivity contribution in [2.24, 2.45) is 10.9 Å². The molecule has 7 nitrogen and oxygen atoms in total. The molecule has 0 aromatic heterocycles. The Hall–Kier alpha value is -3.92. The Morgan fingerprint density at radius 2 is 1.70 bits per heavy atom. The Morgan fingerprint density at radius 1 is 1.05 bits per heavy atom.